The first-order valence-corrected chi connectivity index (χ1v) is 7.75. The van der Waals surface area contributed by atoms with Crippen LogP contribution >= 0.6 is 0 Å². The molecule has 3 unspecified atom stereocenters. The van der Waals surface area contributed by atoms with Crippen molar-refractivity contribution in [2.24, 2.45) is 0 Å². The fourth-order valence-corrected chi connectivity index (χ4v) is 2.54. The first-order chi connectivity index (χ1) is 9.06. The number of hydrogen-bond donors (Lipinski definition) is 2. The highest BCUT2D eigenvalue weighted by molar-refractivity contribution is 7.86. The van der Waals surface area contributed by atoms with Gasteiger partial charge in [0.2, 0.25) is 5.91 Å². The first-order valence-electron chi connectivity index (χ1n) is 6.37. The van der Waals surface area contributed by atoms with E-state index in [1.165, 1.54) is 0 Å². The van der Waals surface area contributed by atoms with Crippen LogP contribution in [0.1, 0.15) is 25.3 Å². The van der Waals surface area contributed by atoms with Crippen molar-refractivity contribution in [1.29, 1.82) is 0 Å². The van der Waals surface area contributed by atoms with Crippen molar-refractivity contribution in [3.63, 3.8) is 0 Å². The monoisotopic (exact) mass is 283 g/mol. The number of aliphatic hydroxyl groups is 1. The summed E-state index contributed by atoms with van der Waals surface area (Å²) in [6.45, 7) is 4.01. The van der Waals surface area contributed by atoms with Crippen molar-refractivity contribution in [2.45, 2.75) is 25.0 Å². The molecule has 1 amide bonds. The van der Waals surface area contributed by atoms with E-state index in [4.69, 9.17) is 5.11 Å². The van der Waals surface area contributed by atoms with Gasteiger partial charge in [-0.05, 0) is 18.4 Å². The Morgan fingerprint density at radius 2 is 1.95 bits per heavy atom. The van der Waals surface area contributed by atoms with E-state index >= 15 is 0 Å². The van der Waals surface area contributed by atoms with Crippen LogP contribution in [0.2, 0.25) is 0 Å². The smallest absolute Gasteiger partial charge is 0.235 e. The summed E-state index contributed by atoms with van der Waals surface area (Å²) in [6, 6.07) is 9.92. The van der Waals surface area contributed by atoms with Gasteiger partial charge in [0.15, 0.2) is 0 Å². The van der Waals surface area contributed by atoms with Crippen LogP contribution in [0.5, 0.6) is 0 Å². The zero-order chi connectivity index (χ0) is 14.3. The van der Waals surface area contributed by atoms with Crippen LogP contribution in [0.3, 0.4) is 0 Å². The number of benzene rings is 1. The van der Waals surface area contributed by atoms with Gasteiger partial charge in [-0.3, -0.25) is 9.00 Å². The molecule has 0 saturated heterocycles. The average Bonchev–Trinajstić information content (AvgIpc) is 2.44. The van der Waals surface area contributed by atoms with E-state index in [2.05, 4.69) is 5.32 Å². The van der Waals surface area contributed by atoms with Crippen molar-refractivity contribution < 1.29 is 14.1 Å². The summed E-state index contributed by atoms with van der Waals surface area (Å²) in [5.41, 5.74) is 1.16. The molecule has 5 heteroatoms. The number of carbonyl (C=O) groups excluding carboxylic acids is 1. The molecule has 0 heterocycles. The molecule has 106 valence electrons. The van der Waals surface area contributed by atoms with E-state index in [0.29, 0.717) is 6.54 Å². The standard InChI is InChI=1S/C14H21NO3S/c1-11(13-6-4-3-5-7-13)10-15-14(17)12(2)19(18)9-8-16/h3-7,11-12,16H,8-10H2,1-2H3,(H,15,17). The second kappa shape index (κ2) is 8.07. The molecule has 0 spiro atoms. The lowest BCUT2D eigenvalue weighted by atomic mass is 10.0. The Morgan fingerprint density at radius 3 is 2.53 bits per heavy atom. The van der Waals surface area contributed by atoms with Gasteiger partial charge in [0, 0.05) is 23.1 Å². The summed E-state index contributed by atoms with van der Waals surface area (Å²) in [4.78, 5) is 11.8. The van der Waals surface area contributed by atoms with Crippen molar-refractivity contribution in [3.05, 3.63) is 35.9 Å². The van der Waals surface area contributed by atoms with Gasteiger partial charge >= 0.3 is 0 Å². The van der Waals surface area contributed by atoms with Crippen LogP contribution in [0.15, 0.2) is 30.3 Å². The Balaban J connectivity index is 2.44. The number of nitrogens with one attached hydrogen (secondary N) is 1. The minimum atomic E-state index is -1.32. The lowest BCUT2D eigenvalue weighted by Gasteiger charge is -2.15. The molecular weight excluding hydrogens is 262 g/mol. The summed E-state index contributed by atoms with van der Waals surface area (Å²) >= 11 is 0. The molecule has 1 rings (SSSR count). The van der Waals surface area contributed by atoms with E-state index in [1.807, 2.05) is 37.3 Å². The predicted octanol–water partition coefficient (Wildman–Crippen LogP) is 1.04. The highest BCUT2D eigenvalue weighted by atomic mass is 32.2. The van der Waals surface area contributed by atoms with Gasteiger partial charge < -0.3 is 10.4 Å². The van der Waals surface area contributed by atoms with Crippen molar-refractivity contribution in [3.8, 4) is 0 Å². The number of aliphatic hydroxyl groups excluding tert-OH is 1. The molecule has 0 aromatic heterocycles. The Kier molecular flexibility index (Phi) is 6.73. The molecule has 0 aliphatic heterocycles. The van der Waals surface area contributed by atoms with Gasteiger partial charge in [0.25, 0.3) is 0 Å². The fourth-order valence-electron chi connectivity index (χ4n) is 1.68. The number of rotatable bonds is 7. The van der Waals surface area contributed by atoms with Gasteiger partial charge in [0.05, 0.1) is 6.61 Å². The highest BCUT2D eigenvalue weighted by Crippen LogP contribution is 2.13. The molecule has 19 heavy (non-hydrogen) atoms. The zero-order valence-electron chi connectivity index (χ0n) is 11.3. The normalized spacial score (nSPS) is 15.5. The van der Waals surface area contributed by atoms with E-state index < -0.39 is 16.0 Å². The molecule has 4 nitrogen and oxygen atoms in total. The minimum Gasteiger partial charge on any atom is -0.395 e. The Morgan fingerprint density at radius 1 is 1.32 bits per heavy atom. The van der Waals surface area contributed by atoms with Crippen LogP contribution in [0.25, 0.3) is 0 Å². The summed E-state index contributed by atoms with van der Waals surface area (Å²) in [5.74, 6) is 0.126. The third kappa shape index (κ3) is 5.12. The lowest BCUT2D eigenvalue weighted by Crippen LogP contribution is -2.38. The van der Waals surface area contributed by atoms with Gasteiger partial charge in [0.1, 0.15) is 5.25 Å². The van der Waals surface area contributed by atoms with Gasteiger partial charge in [-0.15, -0.1) is 0 Å². The third-order valence-electron chi connectivity index (χ3n) is 3.01. The zero-order valence-corrected chi connectivity index (χ0v) is 12.2. The Bertz CT molecular complexity index is 422. The molecule has 0 radical (unpaired) electrons. The van der Waals surface area contributed by atoms with E-state index in [-0.39, 0.29) is 24.2 Å². The lowest BCUT2D eigenvalue weighted by molar-refractivity contribution is -0.120. The number of carbonyl (C=O) groups is 1. The molecule has 0 aliphatic carbocycles. The summed E-state index contributed by atoms with van der Waals surface area (Å²) < 4.78 is 11.6. The second-order valence-corrected chi connectivity index (χ2v) is 6.38. The maximum absolute atomic E-state index is 11.8. The second-order valence-electron chi connectivity index (χ2n) is 4.51. The van der Waals surface area contributed by atoms with Gasteiger partial charge in [-0.25, -0.2) is 0 Å². The first kappa shape index (κ1) is 15.9. The minimum absolute atomic E-state index is 0.142. The van der Waals surface area contributed by atoms with E-state index in [9.17, 15) is 9.00 Å². The maximum atomic E-state index is 11.8. The van der Waals surface area contributed by atoms with Crippen LogP contribution < -0.4 is 5.32 Å². The summed E-state index contributed by atoms with van der Waals surface area (Å²) in [7, 11) is -1.32. The molecule has 0 aliphatic rings. The number of hydrogen-bond acceptors (Lipinski definition) is 3. The molecular formula is C14H21NO3S. The van der Waals surface area contributed by atoms with Crippen LogP contribution in [-0.2, 0) is 15.6 Å². The topological polar surface area (TPSA) is 66.4 Å². The van der Waals surface area contributed by atoms with Crippen LogP contribution in [0, 0.1) is 0 Å². The maximum Gasteiger partial charge on any atom is 0.235 e. The molecule has 0 saturated carbocycles. The van der Waals surface area contributed by atoms with Crippen LogP contribution in [-0.4, -0.2) is 39.4 Å². The predicted molar refractivity (Wildman–Crippen MR) is 77.4 cm³/mol. The van der Waals surface area contributed by atoms with Crippen LogP contribution in [0.4, 0.5) is 0 Å². The van der Waals surface area contributed by atoms with E-state index in [0.717, 1.165) is 5.56 Å². The SMILES string of the molecule is CC(CNC(=O)C(C)S(=O)CCO)c1ccccc1. The third-order valence-corrected chi connectivity index (χ3v) is 4.59. The molecule has 0 bridgehead atoms. The highest BCUT2D eigenvalue weighted by Gasteiger charge is 2.19. The molecule has 3 atom stereocenters. The quantitative estimate of drug-likeness (QED) is 0.785. The van der Waals surface area contributed by atoms with Crippen molar-refractivity contribution in [1.82, 2.24) is 5.32 Å². The molecule has 1 aromatic rings. The summed E-state index contributed by atoms with van der Waals surface area (Å²) in [6.07, 6.45) is 0. The van der Waals surface area contributed by atoms with Crippen molar-refractivity contribution >= 4 is 16.7 Å². The Labute approximate surface area is 116 Å². The largest absolute Gasteiger partial charge is 0.395 e. The Hall–Kier alpha value is -1.20. The number of amides is 1. The van der Waals surface area contributed by atoms with E-state index in [1.54, 1.807) is 6.92 Å². The average molecular weight is 283 g/mol. The van der Waals surface area contributed by atoms with Gasteiger partial charge in [-0.2, -0.15) is 0 Å². The molecule has 2 N–H and O–H groups in total. The molecule has 0 fully saturated rings. The fraction of sp³-hybridized carbons (Fsp3) is 0.500. The molecule has 1 aromatic carbocycles. The van der Waals surface area contributed by atoms with Crippen molar-refractivity contribution in [2.75, 3.05) is 18.9 Å². The summed E-state index contributed by atoms with van der Waals surface area (Å²) in [5, 5.41) is 10.9. The van der Waals surface area contributed by atoms with Gasteiger partial charge in [-0.1, -0.05) is 37.3 Å².